The van der Waals surface area contributed by atoms with Crippen molar-refractivity contribution in [2.24, 2.45) is 0 Å². The van der Waals surface area contributed by atoms with Crippen molar-refractivity contribution >= 4 is 23.4 Å². The number of hydrogen-bond donors (Lipinski definition) is 0. The molecular formula is C19H16F2N2O4. The first-order valence-corrected chi connectivity index (χ1v) is 8.27. The average molecular weight is 374 g/mol. The predicted molar refractivity (Wildman–Crippen MR) is 95.9 cm³/mol. The van der Waals surface area contributed by atoms with E-state index >= 15 is 0 Å². The molecule has 0 atom stereocenters. The number of carbonyl (C=O) groups is 1. The number of hydrogen-bond acceptors (Lipinski definition) is 4. The zero-order valence-corrected chi connectivity index (χ0v) is 14.2. The van der Waals surface area contributed by atoms with Gasteiger partial charge in [0, 0.05) is 18.7 Å². The molecule has 0 radical (unpaired) electrons. The first kappa shape index (κ1) is 18.5. The number of carbonyl (C=O) groups excluding carboxylic acids is 1. The number of halogens is 2. The average Bonchev–Trinajstić information content (AvgIpc) is 2.65. The Kier molecular flexibility index (Phi) is 5.44. The molecule has 8 heteroatoms. The van der Waals surface area contributed by atoms with Gasteiger partial charge in [0.2, 0.25) is 0 Å². The Labute approximate surface area is 153 Å². The van der Waals surface area contributed by atoms with E-state index in [1.807, 2.05) is 0 Å². The topological polar surface area (TPSA) is 72.7 Å². The van der Waals surface area contributed by atoms with Crippen molar-refractivity contribution in [1.29, 1.82) is 0 Å². The van der Waals surface area contributed by atoms with Crippen LogP contribution in [0.4, 0.5) is 20.2 Å². The summed E-state index contributed by atoms with van der Waals surface area (Å²) in [6, 6.07) is 10.8. The molecule has 0 fully saturated rings. The minimum Gasteiger partial charge on any atom is -0.433 e. The van der Waals surface area contributed by atoms with E-state index in [0.717, 1.165) is 5.56 Å². The van der Waals surface area contributed by atoms with Crippen LogP contribution < -0.4 is 9.64 Å². The predicted octanol–water partition coefficient (Wildman–Crippen LogP) is 4.19. The van der Waals surface area contributed by atoms with Crippen molar-refractivity contribution in [3.8, 4) is 5.75 Å². The van der Waals surface area contributed by atoms with Crippen LogP contribution in [-0.4, -0.2) is 24.0 Å². The number of amides is 1. The van der Waals surface area contributed by atoms with Crippen LogP contribution in [0.2, 0.25) is 0 Å². The number of aryl methyl sites for hydroxylation is 1. The number of fused-ring (bicyclic) bond motifs is 1. The fourth-order valence-corrected chi connectivity index (χ4v) is 3.07. The molecule has 0 N–H and O–H groups in total. The van der Waals surface area contributed by atoms with E-state index in [9.17, 15) is 23.7 Å². The van der Waals surface area contributed by atoms with Crippen molar-refractivity contribution in [3.63, 3.8) is 0 Å². The molecule has 0 saturated carbocycles. The van der Waals surface area contributed by atoms with Gasteiger partial charge in [-0.2, -0.15) is 8.78 Å². The van der Waals surface area contributed by atoms with Crippen LogP contribution in [0.1, 0.15) is 17.5 Å². The first-order chi connectivity index (χ1) is 13.0. The third-order valence-electron chi connectivity index (χ3n) is 4.20. The van der Waals surface area contributed by atoms with Gasteiger partial charge in [-0.1, -0.05) is 24.3 Å². The molecule has 27 heavy (non-hydrogen) atoms. The first-order valence-electron chi connectivity index (χ1n) is 8.27. The van der Waals surface area contributed by atoms with E-state index in [4.69, 9.17) is 0 Å². The Morgan fingerprint density at radius 3 is 2.74 bits per heavy atom. The minimum absolute atomic E-state index is 0.0605. The monoisotopic (exact) mass is 374 g/mol. The molecule has 1 heterocycles. The molecule has 6 nitrogen and oxygen atoms in total. The highest BCUT2D eigenvalue weighted by atomic mass is 19.3. The second-order valence-corrected chi connectivity index (χ2v) is 5.89. The standard InChI is InChI=1S/C19H16F2N2O4/c20-19(21)27-16-9-3-6-14-7-4-12-22(18(14)16)17(24)11-10-13-5-1-2-8-15(13)23(25)26/h1-3,5-6,8-11,19H,4,7,12H2. The van der Waals surface area contributed by atoms with E-state index in [0.29, 0.717) is 25.1 Å². The van der Waals surface area contributed by atoms with Gasteiger partial charge in [-0.15, -0.1) is 0 Å². The lowest BCUT2D eigenvalue weighted by atomic mass is 10.0. The van der Waals surface area contributed by atoms with Crippen LogP contribution in [0, 0.1) is 10.1 Å². The summed E-state index contributed by atoms with van der Waals surface area (Å²) in [4.78, 5) is 24.6. The number of rotatable bonds is 5. The van der Waals surface area contributed by atoms with Gasteiger partial charge in [-0.05, 0) is 36.6 Å². The molecule has 1 aliphatic heterocycles. The Balaban J connectivity index is 1.91. The molecule has 1 amide bonds. The minimum atomic E-state index is -3.00. The third-order valence-corrected chi connectivity index (χ3v) is 4.20. The van der Waals surface area contributed by atoms with Gasteiger partial charge in [0.05, 0.1) is 16.2 Å². The van der Waals surface area contributed by atoms with Crippen LogP contribution in [0.3, 0.4) is 0 Å². The van der Waals surface area contributed by atoms with Gasteiger partial charge < -0.3 is 9.64 Å². The Morgan fingerprint density at radius 2 is 2.00 bits per heavy atom. The van der Waals surface area contributed by atoms with Crippen LogP contribution in [0.15, 0.2) is 48.5 Å². The largest absolute Gasteiger partial charge is 0.433 e. The third kappa shape index (κ3) is 4.11. The highest BCUT2D eigenvalue weighted by Gasteiger charge is 2.26. The summed E-state index contributed by atoms with van der Waals surface area (Å²) in [5.41, 5.74) is 1.22. The summed E-state index contributed by atoms with van der Waals surface area (Å²) in [6.07, 6.45) is 3.88. The second-order valence-electron chi connectivity index (χ2n) is 5.89. The number of benzene rings is 2. The molecule has 2 aromatic rings. The summed E-state index contributed by atoms with van der Waals surface area (Å²) >= 11 is 0. The maximum atomic E-state index is 12.7. The molecule has 0 aliphatic carbocycles. The molecule has 0 saturated heterocycles. The van der Waals surface area contributed by atoms with Gasteiger partial charge in [0.25, 0.3) is 11.6 Å². The smallest absolute Gasteiger partial charge is 0.387 e. The van der Waals surface area contributed by atoms with Gasteiger partial charge in [0.1, 0.15) is 5.75 Å². The lowest BCUT2D eigenvalue weighted by Gasteiger charge is -2.30. The fourth-order valence-electron chi connectivity index (χ4n) is 3.07. The Bertz CT molecular complexity index is 899. The van der Waals surface area contributed by atoms with Crippen molar-refractivity contribution in [2.45, 2.75) is 19.5 Å². The number of para-hydroxylation sites is 2. The van der Waals surface area contributed by atoms with Crippen LogP contribution in [0.25, 0.3) is 6.08 Å². The van der Waals surface area contributed by atoms with Gasteiger partial charge >= 0.3 is 6.61 Å². The lowest BCUT2D eigenvalue weighted by Crippen LogP contribution is -2.34. The summed E-state index contributed by atoms with van der Waals surface area (Å²) < 4.78 is 30.0. The fraction of sp³-hybridized carbons (Fsp3) is 0.211. The quantitative estimate of drug-likeness (QED) is 0.447. The van der Waals surface area contributed by atoms with E-state index in [2.05, 4.69) is 4.74 Å². The molecule has 0 spiro atoms. The van der Waals surface area contributed by atoms with Crippen molar-refractivity contribution < 1.29 is 23.2 Å². The second kappa shape index (κ2) is 7.94. The van der Waals surface area contributed by atoms with Crippen LogP contribution in [-0.2, 0) is 11.2 Å². The van der Waals surface area contributed by atoms with Gasteiger partial charge in [-0.3, -0.25) is 14.9 Å². The van der Waals surface area contributed by atoms with Crippen LogP contribution >= 0.6 is 0 Å². The molecule has 3 rings (SSSR count). The number of anilines is 1. The zero-order valence-electron chi connectivity index (χ0n) is 14.2. The van der Waals surface area contributed by atoms with Crippen LogP contribution in [0.5, 0.6) is 5.75 Å². The molecule has 2 aromatic carbocycles. The highest BCUT2D eigenvalue weighted by molar-refractivity contribution is 6.05. The number of nitrogens with zero attached hydrogens (tertiary/aromatic N) is 2. The van der Waals surface area contributed by atoms with Crippen molar-refractivity contribution in [3.05, 3.63) is 69.8 Å². The molecule has 0 aromatic heterocycles. The highest BCUT2D eigenvalue weighted by Crippen LogP contribution is 2.37. The molecular weight excluding hydrogens is 358 g/mol. The van der Waals surface area contributed by atoms with Gasteiger partial charge in [0.15, 0.2) is 0 Å². The SMILES string of the molecule is O=C(C=Cc1ccccc1[N+](=O)[O-])N1CCCc2cccc(OC(F)F)c21. The summed E-state index contributed by atoms with van der Waals surface area (Å²) in [7, 11) is 0. The van der Waals surface area contributed by atoms with E-state index < -0.39 is 17.4 Å². The van der Waals surface area contributed by atoms with Crippen molar-refractivity contribution in [2.75, 3.05) is 11.4 Å². The van der Waals surface area contributed by atoms with E-state index in [1.54, 1.807) is 18.2 Å². The number of alkyl halides is 2. The van der Waals surface area contributed by atoms with E-state index in [-0.39, 0.29) is 17.0 Å². The lowest BCUT2D eigenvalue weighted by molar-refractivity contribution is -0.385. The maximum Gasteiger partial charge on any atom is 0.387 e. The van der Waals surface area contributed by atoms with Crippen molar-refractivity contribution in [1.82, 2.24) is 0 Å². The normalized spacial score (nSPS) is 13.7. The number of nitro groups is 1. The number of nitro benzene ring substituents is 1. The molecule has 1 aliphatic rings. The molecule has 140 valence electrons. The molecule has 0 unspecified atom stereocenters. The Hall–Kier alpha value is -3.29. The van der Waals surface area contributed by atoms with Gasteiger partial charge in [-0.25, -0.2) is 0 Å². The Morgan fingerprint density at radius 1 is 1.22 bits per heavy atom. The van der Waals surface area contributed by atoms with E-state index in [1.165, 1.54) is 41.3 Å². The number of ether oxygens (including phenoxy) is 1. The maximum absolute atomic E-state index is 12.7. The zero-order chi connectivity index (χ0) is 19.4. The summed E-state index contributed by atoms with van der Waals surface area (Å²) in [6.45, 7) is -2.66. The molecule has 0 bridgehead atoms. The summed E-state index contributed by atoms with van der Waals surface area (Å²) in [5.74, 6) is -0.519. The summed E-state index contributed by atoms with van der Waals surface area (Å²) in [5, 5.41) is 11.1.